The van der Waals surface area contributed by atoms with E-state index in [1.54, 1.807) is 55.5 Å². The summed E-state index contributed by atoms with van der Waals surface area (Å²) in [6.07, 6.45) is 0. The van der Waals surface area contributed by atoms with Crippen LogP contribution in [0.4, 0.5) is 10.7 Å². The van der Waals surface area contributed by atoms with Crippen LogP contribution in [0.2, 0.25) is 5.02 Å². The molecule has 1 aromatic heterocycles. The Bertz CT molecular complexity index is 1160. The Morgan fingerprint density at radius 3 is 2.31 bits per heavy atom. The highest BCUT2D eigenvalue weighted by Gasteiger charge is 2.27. The smallest absolute Gasteiger partial charge is 0.341 e. The van der Waals surface area contributed by atoms with E-state index >= 15 is 0 Å². The second-order valence-electron chi connectivity index (χ2n) is 6.60. The average Bonchev–Trinajstić information content (AvgIpc) is 3.10. The molecule has 32 heavy (non-hydrogen) atoms. The van der Waals surface area contributed by atoms with Crippen molar-refractivity contribution in [1.82, 2.24) is 0 Å². The van der Waals surface area contributed by atoms with E-state index in [0.29, 0.717) is 23.6 Å². The summed E-state index contributed by atoms with van der Waals surface area (Å²) >= 11 is 7.09. The molecule has 0 radical (unpaired) electrons. The Morgan fingerprint density at radius 2 is 1.69 bits per heavy atom. The molecule has 0 aliphatic heterocycles. The van der Waals surface area contributed by atoms with Crippen molar-refractivity contribution in [3.05, 3.63) is 75.1 Å². The Morgan fingerprint density at radius 1 is 1.00 bits per heavy atom. The van der Waals surface area contributed by atoms with Crippen LogP contribution in [-0.4, -0.2) is 31.5 Å². The van der Waals surface area contributed by atoms with Gasteiger partial charge in [0.05, 0.1) is 34.7 Å². The number of esters is 1. The van der Waals surface area contributed by atoms with Crippen LogP contribution in [0.1, 0.15) is 42.9 Å². The maximum Gasteiger partial charge on any atom is 0.341 e. The quantitative estimate of drug-likeness (QED) is 0.449. The van der Waals surface area contributed by atoms with Crippen molar-refractivity contribution in [2.24, 2.45) is 0 Å². The largest absolute Gasteiger partial charge is 0.494 e. The van der Waals surface area contributed by atoms with Crippen molar-refractivity contribution in [2.75, 3.05) is 24.4 Å². The molecule has 0 aliphatic carbocycles. The highest BCUT2D eigenvalue weighted by Crippen LogP contribution is 2.35. The maximum atomic E-state index is 12.9. The highest BCUT2D eigenvalue weighted by atomic mass is 35.5. The Balaban J connectivity index is 1.89. The van der Waals surface area contributed by atoms with Crippen LogP contribution in [0, 0.1) is 6.92 Å². The van der Waals surface area contributed by atoms with Gasteiger partial charge in [-0.25, -0.2) is 4.79 Å². The summed E-state index contributed by atoms with van der Waals surface area (Å²) in [4.78, 5) is 38.3. The zero-order valence-corrected chi connectivity index (χ0v) is 19.2. The van der Waals surface area contributed by atoms with Gasteiger partial charge in [-0.05, 0) is 55.8 Å². The van der Waals surface area contributed by atoms with Crippen molar-refractivity contribution >= 4 is 51.4 Å². The highest BCUT2D eigenvalue weighted by molar-refractivity contribution is 7.19. The molecule has 0 spiro atoms. The van der Waals surface area contributed by atoms with Crippen molar-refractivity contribution in [2.45, 2.75) is 13.8 Å². The number of hydrogen-bond donors (Lipinski definition) is 2. The fraction of sp³-hybridized carbons (Fsp3) is 0.174. The molecule has 0 unspecified atom stereocenters. The maximum absolute atomic E-state index is 12.9. The molecule has 0 fully saturated rings. The average molecular weight is 473 g/mol. The number of carbonyl (C=O) groups excluding carboxylic acids is 3. The lowest BCUT2D eigenvalue weighted by Crippen LogP contribution is -2.14. The number of rotatable bonds is 7. The van der Waals surface area contributed by atoms with E-state index in [1.807, 2.05) is 6.92 Å². The first-order chi connectivity index (χ1) is 15.3. The number of halogens is 1. The number of benzene rings is 2. The molecule has 2 amide bonds. The Kier molecular flexibility index (Phi) is 7.50. The molecule has 1 heterocycles. The molecule has 2 aromatic carbocycles. The normalized spacial score (nSPS) is 10.4. The lowest BCUT2D eigenvalue weighted by molar-refractivity contribution is 0.0601. The number of methoxy groups -OCH3 is 1. The van der Waals surface area contributed by atoms with Gasteiger partial charge in [-0.3, -0.25) is 9.59 Å². The summed E-state index contributed by atoms with van der Waals surface area (Å²) in [6, 6.07) is 13.5. The van der Waals surface area contributed by atoms with Gasteiger partial charge in [0, 0.05) is 5.69 Å². The summed E-state index contributed by atoms with van der Waals surface area (Å²) in [5.74, 6) is -0.885. The summed E-state index contributed by atoms with van der Waals surface area (Å²) < 4.78 is 10.3. The van der Waals surface area contributed by atoms with Crippen molar-refractivity contribution in [3.8, 4) is 5.75 Å². The van der Waals surface area contributed by atoms with E-state index in [-0.39, 0.29) is 26.0 Å². The van der Waals surface area contributed by atoms with Gasteiger partial charge < -0.3 is 20.1 Å². The molecule has 2 N–H and O–H groups in total. The van der Waals surface area contributed by atoms with E-state index in [0.717, 1.165) is 11.3 Å². The fourth-order valence-electron chi connectivity index (χ4n) is 2.97. The van der Waals surface area contributed by atoms with E-state index in [1.165, 1.54) is 7.11 Å². The summed E-state index contributed by atoms with van der Waals surface area (Å²) in [5, 5.41) is 5.95. The van der Waals surface area contributed by atoms with Crippen LogP contribution in [0.5, 0.6) is 5.75 Å². The minimum Gasteiger partial charge on any atom is -0.494 e. The summed E-state index contributed by atoms with van der Waals surface area (Å²) in [5.41, 5.74) is 1.33. The van der Waals surface area contributed by atoms with Gasteiger partial charge in [0.15, 0.2) is 0 Å². The van der Waals surface area contributed by atoms with Gasteiger partial charge in [0.1, 0.15) is 10.8 Å². The molecule has 3 aromatic rings. The molecule has 7 nitrogen and oxygen atoms in total. The van der Waals surface area contributed by atoms with Crippen molar-refractivity contribution < 1.29 is 23.9 Å². The third-order valence-electron chi connectivity index (χ3n) is 4.51. The minimum atomic E-state index is -0.659. The first-order valence-electron chi connectivity index (χ1n) is 9.67. The fourth-order valence-corrected chi connectivity index (χ4v) is 4.28. The van der Waals surface area contributed by atoms with E-state index < -0.39 is 17.8 Å². The van der Waals surface area contributed by atoms with E-state index in [9.17, 15) is 14.4 Å². The number of carbonyl (C=O) groups is 3. The lowest BCUT2D eigenvalue weighted by atomic mass is 10.1. The van der Waals surface area contributed by atoms with E-state index in [2.05, 4.69) is 10.6 Å². The second-order valence-corrected chi connectivity index (χ2v) is 8.03. The zero-order valence-electron chi connectivity index (χ0n) is 17.7. The van der Waals surface area contributed by atoms with Gasteiger partial charge in [-0.1, -0.05) is 23.7 Å². The van der Waals surface area contributed by atoms with Gasteiger partial charge >= 0.3 is 5.97 Å². The van der Waals surface area contributed by atoms with Crippen LogP contribution in [0.3, 0.4) is 0 Å². The molecule has 3 rings (SSSR count). The van der Waals surface area contributed by atoms with Gasteiger partial charge in [0.25, 0.3) is 11.8 Å². The predicted octanol–water partition coefficient (Wildman–Crippen LogP) is 5.40. The topological polar surface area (TPSA) is 93.7 Å². The van der Waals surface area contributed by atoms with E-state index in [4.69, 9.17) is 21.1 Å². The van der Waals surface area contributed by atoms with Crippen LogP contribution in [-0.2, 0) is 4.74 Å². The standard InChI is InChI=1S/C23H21ClN2O5S/c1-4-31-15-11-9-14(10-12-15)25-21(28)19-13(2)18(23(29)30-3)22(32-19)26-20(27)16-7-5-6-8-17(16)24/h5-12H,4H2,1-3H3,(H,25,28)(H,26,27). The number of thiophene rings is 1. The number of nitrogens with one attached hydrogen (secondary N) is 2. The minimum absolute atomic E-state index is 0.120. The molecule has 0 bridgehead atoms. The van der Waals surface area contributed by atoms with Crippen LogP contribution >= 0.6 is 22.9 Å². The van der Waals surface area contributed by atoms with Gasteiger partial charge in [0.2, 0.25) is 0 Å². The molecular weight excluding hydrogens is 452 g/mol. The molecule has 0 saturated heterocycles. The molecule has 0 saturated carbocycles. The number of ether oxygens (including phenoxy) is 2. The third-order valence-corrected chi connectivity index (χ3v) is 6.05. The van der Waals surface area contributed by atoms with Crippen LogP contribution in [0.15, 0.2) is 48.5 Å². The monoisotopic (exact) mass is 472 g/mol. The summed E-state index contributed by atoms with van der Waals surface area (Å²) in [7, 11) is 1.23. The van der Waals surface area contributed by atoms with Crippen molar-refractivity contribution in [3.63, 3.8) is 0 Å². The zero-order chi connectivity index (χ0) is 23.3. The molecule has 166 valence electrons. The number of hydrogen-bond acceptors (Lipinski definition) is 6. The first kappa shape index (κ1) is 23.3. The first-order valence-corrected chi connectivity index (χ1v) is 10.9. The Hall–Kier alpha value is -3.36. The molecular formula is C23H21ClN2O5S. The second kappa shape index (κ2) is 10.3. The van der Waals surface area contributed by atoms with Crippen molar-refractivity contribution in [1.29, 1.82) is 0 Å². The molecule has 0 atom stereocenters. The number of anilines is 2. The number of amides is 2. The SMILES string of the molecule is CCOc1ccc(NC(=O)c2sc(NC(=O)c3ccccc3Cl)c(C(=O)OC)c2C)cc1. The van der Waals surface area contributed by atoms with Crippen LogP contribution in [0.25, 0.3) is 0 Å². The van der Waals surface area contributed by atoms with Gasteiger partial charge in [-0.15, -0.1) is 11.3 Å². The van der Waals surface area contributed by atoms with Gasteiger partial charge in [-0.2, -0.15) is 0 Å². The molecule has 9 heteroatoms. The third kappa shape index (κ3) is 5.09. The Labute approximate surface area is 194 Å². The predicted molar refractivity (Wildman–Crippen MR) is 125 cm³/mol. The lowest BCUT2D eigenvalue weighted by Gasteiger charge is -2.07. The molecule has 0 aliphatic rings. The summed E-state index contributed by atoms with van der Waals surface area (Å²) in [6.45, 7) is 4.05. The van der Waals surface area contributed by atoms with Crippen LogP contribution < -0.4 is 15.4 Å².